The van der Waals surface area contributed by atoms with Crippen molar-refractivity contribution in [3.63, 3.8) is 0 Å². The Labute approximate surface area is 215 Å². The number of benzene rings is 2. The van der Waals surface area contributed by atoms with Gasteiger partial charge in [-0.2, -0.15) is 0 Å². The van der Waals surface area contributed by atoms with Gasteiger partial charge in [-0.3, -0.25) is 4.79 Å². The van der Waals surface area contributed by atoms with Gasteiger partial charge in [-0.25, -0.2) is 9.97 Å². The van der Waals surface area contributed by atoms with E-state index in [0.717, 1.165) is 30.0 Å². The third-order valence-corrected chi connectivity index (χ3v) is 6.93. The quantitative estimate of drug-likeness (QED) is 0.232. The lowest BCUT2D eigenvalue weighted by Gasteiger charge is -2.16. The van der Waals surface area contributed by atoms with Crippen LogP contribution < -0.4 is 19.7 Å². The van der Waals surface area contributed by atoms with E-state index in [1.165, 1.54) is 24.6 Å². The molecule has 2 heterocycles. The normalized spacial score (nSPS) is 13.1. The molecule has 1 saturated heterocycles. The number of ether oxygens (including phenoxy) is 2. The summed E-state index contributed by atoms with van der Waals surface area (Å²) in [7, 11) is 3.22. The second kappa shape index (κ2) is 12.1. The highest BCUT2D eigenvalue weighted by atomic mass is 35.5. The van der Waals surface area contributed by atoms with E-state index < -0.39 is 0 Å². The third kappa shape index (κ3) is 6.80. The molecule has 1 aromatic heterocycles. The maximum Gasteiger partial charge on any atom is 0.251 e. The van der Waals surface area contributed by atoms with Crippen molar-refractivity contribution in [2.24, 2.45) is 0 Å². The summed E-state index contributed by atoms with van der Waals surface area (Å²) < 4.78 is 10.6. The fourth-order valence-electron chi connectivity index (χ4n) is 3.92. The van der Waals surface area contributed by atoms with Crippen LogP contribution in [0.25, 0.3) is 0 Å². The van der Waals surface area contributed by atoms with E-state index in [1.54, 1.807) is 14.2 Å². The molecular formula is C26H29ClN4O3S. The average Bonchev–Trinajstić information content (AvgIpc) is 3.42. The molecule has 0 bridgehead atoms. The molecule has 1 N–H and O–H groups in total. The molecule has 0 radical (unpaired) electrons. The summed E-state index contributed by atoms with van der Waals surface area (Å²) in [4.78, 5) is 23.8. The van der Waals surface area contributed by atoms with Gasteiger partial charge in [0.2, 0.25) is 0 Å². The molecule has 2 aromatic carbocycles. The van der Waals surface area contributed by atoms with Gasteiger partial charge < -0.3 is 19.7 Å². The van der Waals surface area contributed by atoms with E-state index in [9.17, 15) is 4.79 Å². The fourth-order valence-corrected chi connectivity index (χ4v) is 4.95. The zero-order chi connectivity index (χ0) is 24.6. The summed E-state index contributed by atoms with van der Waals surface area (Å²) in [6, 6.07) is 15.2. The van der Waals surface area contributed by atoms with E-state index in [-0.39, 0.29) is 5.91 Å². The van der Waals surface area contributed by atoms with Crippen LogP contribution in [0, 0.1) is 0 Å². The largest absolute Gasteiger partial charge is 0.493 e. The predicted molar refractivity (Wildman–Crippen MR) is 140 cm³/mol. The van der Waals surface area contributed by atoms with Crippen LogP contribution in [0.5, 0.6) is 11.5 Å². The van der Waals surface area contributed by atoms with Gasteiger partial charge in [0.1, 0.15) is 11.0 Å². The Hall–Kier alpha value is -2.97. The monoisotopic (exact) mass is 512 g/mol. The lowest BCUT2D eigenvalue weighted by molar-refractivity contribution is 0.0954. The number of hydrogen-bond acceptors (Lipinski definition) is 7. The summed E-state index contributed by atoms with van der Waals surface area (Å²) in [5, 5.41) is 4.10. The van der Waals surface area contributed by atoms with Crippen molar-refractivity contribution in [2.75, 3.05) is 38.8 Å². The fraction of sp³-hybridized carbons (Fsp3) is 0.346. The Kier molecular flexibility index (Phi) is 8.71. The van der Waals surface area contributed by atoms with Gasteiger partial charge in [0.25, 0.3) is 5.91 Å². The lowest BCUT2D eigenvalue weighted by Crippen LogP contribution is -2.25. The molecule has 0 spiro atoms. The van der Waals surface area contributed by atoms with Crippen LogP contribution in [0.1, 0.15) is 34.3 Å². The van der Waals surface area contributed by atoms with Gasteiger partial charge >= 0.3 is 0 Å². The van der Waals surface area contributed by atoms with Crippen LogP contribution in [-0.4, -0.2) is 49.7 Å². The van der Waals surface area contributed by atoms with Crippen molar-refractivity contribution in [3.05, 3.63) is 70.4 Å². The maximum atomic E-state index is 12.5. The Morgan fingerprint density at radius 1 is 1.00 bits per heavy atom. The highest BCUT2D eigenvalue weighted by molar-refractivity contribution is 7.98. The summed E-state index contributed by atoms with van der Waals surface area (Å²) in [6.07, 6.45) is 3.06. The minimum absolute atomic E-state index is 0.0990. The lowest BCUT2D eigenvalue weighted by atomic mass is 10.1. The second-order valence-electron chi connectivity index (χ2n) is 8.21. The van der Waals surface area contributed by atoms with Gasteiger partial charge in [-0.15, -0.1) is 0 Å². The standard InChI is InChI=1S/C26H29ClN4O3S/c1-33-21-10-7-18(15-22(21)34-2)11-12-28-25(32)20-8-5-19(6-9-20)17-35-26-29-23(27)16-24(30-26)31-13-3-4-14-31/h5-10,15-16H,3-4,11-14,17H2,1-2H3,(H,28,32). The van der Waals surface area contributed by atoms with Crippen LogP contribution in [0.15, 0.2) is 53.7 Å². The number of rotatable bonds is 10. The van der Waals surface area contributed by atoms with E-state index in [1.807, 2.05) is 48.5 Å². The minimum Gasteiger partial charge on any atom is -0.493 e. The van der Waals surface area contributed by atoms with Crippen LogP contribution in [0.3, 0.4) is 0 Å². The van der Waals surface area contributed by atoms with Gasteiger partial charge in [-0.05, 0) is 54.7 Å². The Morgan fingerprint density at radius 2 is 1.71 bits per heavy atom. The van der Waals surface area contributed by atoms with Gasteiger partial charge in [0.15, 0.2) is 16.7 Å². The molecule has 1 aliphatic heterocycles. The smallest absolute Gasteiger partial charge is 0.251 e. The molecule has 0 aliphatic carbocycles. The first-order valence-electron chi connectivity index (χ1n) is 11.6. The van der Waals surface area contributed by atoms with Crippen LogP contribution in [0.4, 0.5) is 5.82 Å². The van der Waals surface area contributed by atoms with Crippen molar-refractivity contribution < 1.29 is 14.3 Å². The van der Waals surface area contributed by atoms with Crippen molar-refractivity contribution in [1.82, 2.24) is 15.3 Å². The van der Waals surface area contributed by atoms with Gasteiger partial charge in [0.05, 0.1) is 14.2 Å². The summed E-state index contributed by atoms with van der Waals surface area (Å²) in [5.41, 5.74) is 2.77. The summed E-state index contributed by atoms with van der Waals surface area (Å²) in [6.45, 7) is 2.54. The number of methoxy groups -OCH3 is 2. The van der Waals surface area contributed by atoms with Crippen LogP contribution in [-0.2, 0) is 12.2 Å². The third-order valence-electron chi connectivity index (χ3n) is 5.82. The van der Waals surface area contributed by atoms with E-state index in [2.05, 4.69) is 20.2 Å². The molecule has 1 fully saturated rings. The number of nitrogens with one attached hydrogen (secondary N) is 1. The number of halogens is 1. The highest BCUT2D eigenvalue weighted by Crippen LogP contribution is 2.28. The molecule has 0 atom stereocenters. The Morgan fingerprint density at radius 3 is 2.43 bits per heavy atom. The van der Waals surface area contributed by atoms with Crippen LogP contribution in [0.2, 0.25) is 5.15 Å². The van der Waals surface area contributed by atoms with Gasteiger partial charge in [-0.1, -0.05) is 41.6 Å². The molecule has 9 heteroatoms. The number of hydrogen-bond donors (Lipinski definition) is 1. The topological polar surface area (TPSA) is 76.6 Å². The van der Waals surface area contributed by atoms with E-state index >= 15 is 0 Å². The maximum absolute atomic E-state index is 12.5. The molecule has 0 unspecified atom stereocenters. The van der Waals surface area contributed by atoms with E-state index in [4.69, 9.17) is 21.1 Å². The number of aromatic nitrogens is 2. The van der Waals surface area contributed by atoms with Crippen molar-refractivity contribution in [3.8, 4) is 11.5 Å². The Bertz CT molecular complexity index is 1150. The first-order chi connectivity index (χ1) is 17.1. The SMILES string of the molecule is COc1ccc(CCNC(=O)c2ccc(CSc3nc(Cl)cc(N4CCCC4)n3)cc2)cc1OC. The molecule has 7 nitrogen and oxygen atoms in total. The molecule has 1 aliphatic rings. The van der Waals surface area contributed by atoms with Crippen molar-refractivity contribution in [2.45, 2.75) is 30.2 Å². The Balaban J connectivity index is 1.27. The number of anilines is 1. The first kappa shape index (κ1) is 25.1. The molecule has 35 heavy (non-hydrogen) atoms. The minimum atomic E-state index is -0.0990. The number of carbonyl (C=O) groups excluding carboxylic acids is 1. The number of thioether (sulfide) groups is 1. The van der Waals surface area contributed by atoms with Gasteiger partial charge in [0, 0.05) is 37.0 Å². The second-order valence-corrected chi connectivity index (χ2v) is 9.54. The van der Waals surface area contributed by atoms with Crippen molar-refractivity contribution >= 4 is 35.1 Å². The first-order valence-corrected chi connectivity index (χ1v) is 12.9. The van der Waals surface area contributed by atoms with Crippen molar-refractivity contribution in [1.29, 1.82) is 0 Å². The summed E-state index contributed by atoms with van der Waals surface area (Å²) >= 11 is 7.77. The highest BCUT2D eigenvalue weighted by Gasteiger charge is 2.16. The molecule has 3 aromatic rings. The zero-order valence-electron chi connectivity index (χ0n) is 19.9. The summed E-state index contributed by atoms with van der Waals surface area (Å²) in [5.74, 6) is 2.86. The molecular weight excluding hydrogens is 484 g/mol. The predicted octanol–water partition coefficient (Wildman–Crippen LogP) is 5.01. The number of nitrogens with zero attached hydrogens (tertiary/aromatic N) is 3. The average molecular weight is 513 g/mol. The molecule has 4 rings (SSSR count). The number of amides is 1. The molecule has 1 amide bonds. The molecule has 184 valence electrons. The number of carbonyl (C=O) groups is 1. The molecule has 0 saturated carbocycles. The van der Waals surface area contributed by atoms with Crippen LogP contribution >= 0.6 is 23.4 Å². The zero-order valence-corrected chi connectivity index (χ0v) is 21.5. The van der Waals surface area contributed by atoms with E-state index in [0.29, 0.717) is 46.1 Å².